The maximum absolute atomic E-state index is 10.5. The van der Waals surface area contributed by atoms with Crippen LogP contribution in [-0.2, 0) is 0 Å². The molecule has 0 saturated heterocycles. The molecule has 0 aliphatic heterocycles. The lowest BCUT2D eigenvalue weighted by atomic mass is 9.94. The fraction of sp³-hybridized carbons (Fsp3) is 1.00. The summed E-state index contributed by atoms with van der Waals surface area (Å²) in [5, 5.41) is 23.5. The van der Waals surface area contributed by atoms with Crippen molar-refractivity contribution in [2.24, 2.45) is 0 Å². The molecule has 2 saturated carbocycles. The highest BCUT2D eigenvalue weighted by molar-refractivity contribution is 4.88. The van der Waals surface area contributed by atoms with Crippen LogP contribution in [0.2, 0.25) is 0 Å². The van der Waals surface area contributed by atoms with E-state index in [4.69, 9.17) is 0 Å². The zero-order chi connectivity index (χ0) is 11.4. The minimum atomic E-state index is -0.515. The van der Waals surface area contributed by atoms with Gasteiger partial charge in [0.1, 0.15) is 0 Å². The molecule has 3 N–H and O–H groups in total. The smallest absolute Gasteiger partial charge is 0.0771 e. The molecule has 2 rings (SSSR count). The molecule has 0 heterocycles. The number of aliphatic hydroxyl groups is 2. The Morgan fingerprint density at radius 3 is 2.25 bits per heavy atom. The second kappa shape index (κ2) is 5.48. The normalized spacial score (nSPS) is 34.9. The van der Waals surface area contributed by atoms with Gasteiger partial charge in [0, 0.05) is 12.6 Å². The maximum atomic E-state index is 10.5. The van der Waals surface area contributed by atoms with E-state index in [-0.39, 0.29) is 12.1 Å². The van der Waals surface area contributed by atoms with Crippen LogP contribution in [0.25, 0.3) is 0 Å². The number of hydrogen-bond acceptors (Lipinski definition) is 3. The molecule has 2 atom stereocenters. The monoisotopic (exact) mass is 227 g/mol. The van der Waals surface area contributed by atoms with Crippen molar-refractivity contribution in [3.05, 3.63) is 0 Å². The predicted molar refractivity (Wildman–Crippen MR) is 64.3 cm³/mol. The zero-order valence-electron chi connectivity index (χ0n) is 10.1. The van der Waals surface area contributed by atoms with Crippen molar-refractivity contribution >= 4 is 0 Å². The van der Waals surface area contributed by atoms with Crippen LogP contribution in [-0.4, -0.2) is 34.5 Å². The van der Waals surface area contributed by atoms with Crippen LogP contribution in [0, 0.1) is 0 Å². The molecule has 16 heavy (non-hydrogen) atoms. The van der Waals surface area contributed by atoms with E-state index in [0.29, 0.717) is 6.54 Å². The van der Waals surface area contributed by atoms with Gasteiger partial charge in [-0.3, -0.25) is 0 Å². The average Bonchev–Trinajstić information content (AvgIpc) is 2.54. The average molecular weight is 227 g/mol. The van der Waals surface area contributed by atoms with E-state index in [1.165, 1.54) is 12.8 Å². The Morgan fingerprint density at radius 1 is 1.00 bits per heavy atom. The molecule has 0 aromatic rings. The van der Waals surface area contributed by atoms with Gasteiger partial charge in [0.2, 0.25) is 0 Å². The van der Waals surface area contributed by atoms with E-state index in [2.05, 4.69) is 5.32 Å². The molecule has 0 bridgehead atoms. The van der Waals surface area contributed by atoms with E-state index in [1.54, 1.807) is 0 Å². The summed E-state index contributed by atoms with van der Waals surface area (Å²) < 4.78 is 0. The van der Waals surface area contributed by atoms with E-state index in [0.717, 1.165) is 44.9 Å². The topological polar surface area (TPSA) is 52.5 Å². The summed E-state index contributed by atoms with van der Waals surface area (Å²) in [6, 6.07) is 0.215. The Hall–Kier alpha value is -0.120. The van der Waals surface area contributed by atoms with Crippen LogP contribution >= 0.6 is 0 Å². The third-order valence-electron chi connectivity index (χ3n) is 4.21. The molecule has 0 aromatic carbocycles. The summed E-state index contributed by atoms with van der Waals surface area (Å²) in [6.45, 7) is 0.661. The largest absolute Gasteiger partial charge is 0.392 e. The molecule has 0 radical (unpaired) electrons. The molecule has 2 fully saturated rings. The van der Waals surface area contributed by atoms with Gasteiger partial charge in [-0.25, -0.2) is 0 Å². The van der Waals surface area contributed by atoms with Crippen molar-refractivity contribution in [1.82, 2.24) is 5.32 Å². The fourth-order valence-corrected chi connectivity index (χ4v) is 3.06. The highest BCUT2D eigenvalue weighted by atomic mass is 16.3. The first-order chi connectivity index (χ1) is 7.70. The zero-order valence-corrected chi connectivity index (χ0v) is 10.1. The fourth-order valence-electron chi connectivity index (χ4n) is 3.06. The van der Waals surface area contributed by atoms with Crippen molar-refractivity contribution in [3.8, 4) is 0 Å². The highest BCUT2D eigenvalue weighted by Gasteiger charge is 2.31. The van der Waals surface area contributed by atoms with Crippen LogP contribution in [0.4, 0.5) is 0 Å². The lowest BCUT2D eigenvalue weighted by Gasteiger charge is -2.29. The first-order valence-corrected chi connectivity index (χ1v) is 6.83. The van der Waals surface area contributed by atoms with Crippen molar-refractivity contribution < 1.29 is 10.2 Å². The van der Waals surface area contributed by atoms with Crippen molar-refractivity contribution in [3.63, 3.8) is 0 Å². The third kappa shape index (κ3) is 3.19. The highest BCUT2D eigenvalue weighted by Crippen LogP contribution is 2.27. The van der Waals surface area contributed by atoms with Gasteiger partial charge < -0.3 is 15.5 Å². The number of hydrogen-bond donors (Lipinski definition) is 3. The van der Waals surface area contributed by atoms with E-state index >= 15 is 0 Å². The Bertz CT molecular complexity index is 212. The Balaban J connectivity index is 1.78. The molecule has 94 valence electrons. The Labute approximate surface area is 98.2 Å². The standard InChI is InChI=1S/C13H25NO2/c15-12-7-5-6-11(12)14-10-13(16)8-3-1-2-4-9-13/h11-12,14-16H,1-10H2/t11-,12-/m0/s1. The number of nitrogens with one attached hydrogen (secondary N) is 1. The second-order valence-electron chi connectivity index (χ2n) is 5.62. The van der Waals surface area contributed by atoms with Crippen LogP contribution < -0.4 is 5.32 Å². The maximum Gasteiger partial charge on any atom is 0.0771 e. The van der Waals surface area contributed by atoms with Crippen molar-refractivity contribution in [1.29, 1.82) is 0 Å². The second-order valence-corrected chi connectivity index (χ2v) is 5.62. The van der Waals surface area contributed by atoms with Gasteiger partial charge in [-0.15, -0.1) is 0 Å². The minimum absolute atomic E-state index is 0.200. The van der Waals surface area contributed by atoms with Gasteiger partial charge in [0.25, 0.3) is 0 Å². The van der Waals surface area contributed by atoms with Gasteiger partial charge in [0.15, 0.2) is 0 Å². The summed E-state index contributed by atoms with van der Waals surface area (Å²) in [6.07, 6.45) is 9.52. The van der Waals surface area contributed by atoms with Crippen molar-refractivity contribution in [2.75, 3.05) is 6.54 Å². The molecule has 0 spiro atoms. The predicted octanol–water partition coefficient (Wildman–Crippen LogP) is 1.57. The molecule has 2 aliphatic rings. The molecule has 2 aliphatic carbocycles. The van der Waals surface area contributed by atoms with E-state index < -0.39 is 5.60 Å². The lowest BCUT2D eigenvalue weighted by molar-refractivity contribution is 0.0181. The summed E-state index contributed by atoms with van der Waals surface area (Å²) in [4.78, 5) is 0. The molecular weight excluding hydrogens is 202 g/mol. The van der Waals surface area contributed by atoms with Crippen LogP contribution in [0.15, 0.2) is 0 Å². The van der Waals surface area contributed by atoms with Crippen LogP contribution in [0.5, 0.6) is 0 Å². The first-order valence-electron chi connectivity index (χ1n) is 6.83. The van der Waals surface area contributed by atoms with Crippen LogP contribution in [0.3, 0.4) is 0 Å². The summed E-state index contributed by atoms with van der Waals surface area (Å²) in [5.41, 5.74) is -0.515. The van der Waals surface area contributed by atoms with Gasteiger partial charge in [-0.05, 0) is 32.1 Å². The molecule has 0 amide bonds. The summed E-state index contributed by atoms with van der Waals surface area (Å²) in [7, 11) is 0. The molecule has 0 unspecified atom stereocenters. The first kappa shape index (κ1) is 12.3. The molecule has 3 heteroatoms. The van der Waals surface area contributed by atoms with Gasteiger partial charge in [0.05, 0.1) is 11.7 Å². The van der Waals surface area contributed by atoms with Gasteiger partial charge in [-0.2, -0.15) is 0 Å². The Morgan fingerprint density at radius 2 is 1.69 bits per heavy atom. The molecule has 3 nitrogen and oxygen atoms in total. The quantitative estimate of drug-likeness (QED) is 0.642. The minimum Gasteiger partial charge on any atom is -0.392 e. The summed E-state index contributed by atoms with van der Waals surface area (Å²) in [5.74, 6) is 0. The lowest BCUT2D eigenvalue weighted by Crippen LogP contribution is -2.46. The van der Waals surface area contributed by atoms with Crippen LogP contribution in [0.1, 0.15) is 57.8 Å². The van der Waals surface area contributed by atoms with E-state index in [1.807, 2.05) is 0 Å². The SMILES string of the molecule is O[C@H]1CCC[C@@H]1NCC1(O)CCCCCC1. The molecule has 0 aromatic heterocycles. The summed E-state index contributed by atoms with van der Waals surface area (Å²) >= 11 is 0. The van der Waals surface area contributed by atoms with Gasteiger partial charge >= 0.3 is 0 Å². The Kier molecular flexibility index (Phi) is 4.22. The van der Waals surface area contributed by atoms with Crippen molar-refractivity contribution in [2.45, 2.75) is 75.5 Å². The number of rotatable bonds is 3. The molecular formula is C13H25NO2. The third-order valence-corrected chi connectivity index (χ3v) is 4.21. The van der Waals surface area contributed by atoms with Gasteiger partial charge in [-0.1, -0.05) is 25.7 Å². The van der Waals surface area contributed by atoms with E-state index in [9.17, 15) is 10.2 Å². The number of aliphatic hydroxyl groups excluding tert-OH is 1.